The van der Waals surface area contributed by atoms with Crippen LogP contribution in [0.1, 0.15) is 55.3 Å². The number of carbonyl (C=O) groups excluding carboxylic acids is 2. The van der Waals surface area contributed by atoms with Crippen LogP contribution in [0.4, 0.5) is 0 Å². The highest BCUT2D eigenvalue weighted by Crippen LogP contribution is 2.39. The van der Waals surface area contributed by atoms with E-state index in [2.05, 4.69) is 30.5 Å². The predicted molar refractivity (Wildman–Crippen MR) is 114 cm³/mol. The summed E-state index contributed by atoms with van der Waals surface area (Å²) in [4.78, 5) is 31.1. The lowest BCUT2D eigenvalue weighted by atomic mass is 9.90. The highest BCUT2D eigenvalue weighted by Gasteiger charge is 2.35. The third kappa shape index (κ3) is 4.00. The molecule has 0 fully saturated rings. The maximum absolute atomic E-state index is 13.4. The molecule has 1 aliphatic heterocycles. The van der Waals surface area contributed by atoms with Gasteiger partial charge in [-0.05, 0) is 55.3 Å². The van der Waals surface area contributed by atoms with Gasteiger partial charge in [0.1, 0.15) is 6.54 Å². The van der Waals surface area contributed by atoms with Crippen molar-refractivity contribution in [2.45, 2.75) is 53.1 Å². The van der Waals surface area contributed by atoms with Gasteiger partial charge in [-0.25, -0.2) is 0 Å². The first-order valence-electron chi connectivity index (χ1n) is 10.0. The zero-order chi connectivity index (χ0) is 20.4. The number of amides is 2. The number of hydrogen-bond acceptors (Lipinski definition) is 3. The number of hydrogen-bond donors (Lipinski definition) is 0. The second-order valence-corrected chi connectivity index (χ2v) is 9.11. The lowest BCUT2D eigenvalue weighted by Gasteiger charge is -2.39. The molecule has 0 saturated carbocycles. The highest BCUT2D eigenvalue weighted by molar-refractivity contribution is 7.10. The van der Waals surface area contributed by atoms with Gasteiger partial charge in [-0.1, -0.05) is 38.1 Å². The SMILES string of the molecule is Cc1ccccc1C1c2ccsc2CCN1C(=O)CN(C(=O)C(C)C)C(C)C. The first kappa shape index (κ1) is 20.6. The van der Waals surface area contributed by atoms with Crippen LogP contribution in [0.3, 0.4) is 0 Å². The molecule has 150 valence electrons. The van der Waals surface area contributed by atoms with Gasteiger partial charge in [-0.3, -0.25) is 9.59 Å². The number of aryl methyl sites for hydroxylation is 1. The average molecular weight is 399 g/mol. The minimum Gasteiger partial charge on any atom is -0.331 e. The van der Waals surface area contributed by atoms with Crippen molar-refractivity contribution >= 4 is 23.2 Å². The van der Waals surface area contributed by atoms with Gasteiger partial charge >= 0.3 is 0 Å². The molecule has 2 aromatic rings. The first-order valence-corrected chi connectivity index (χ1v) is 10.9. The van der Waals surface area contributed by atoms with Crippen LogP contribution in [-0.2, 0) is 16.0 Å². The summed E-state index contributed by atoms with van der Waals surface area (Å²) in [5.74, 6) is -0.0657. The zero-order valence-electron chi connectivity index (χ0n) is 17.4. The van der Waals surface area contributed by atoms with E-state index in [-0.39, 0.29) is 36.4 Å². The molecule has 3 rings (SSSR count). The van der Waals surface area contributed by atoms with E-state index in [9.17, 15) is 9.59 Å². The molecule has 2 amide bonds. The van der Waals surface area contributed by atoms with Crippen molar-refractivity contribution in [1.82, 2.24) is 9.80 Å². The van der Waals surface area contributed by atoms with Gasteiger partial charge in [0.25, 0.3) is 0 Å². The molecule has 0 spiro atoms. The van der Waals surface area contributed by atoms with Crippen LogP contribution in [0.5, 0.6) is 0 Å². The van der Waals surface area contributed by atoms with E-state index in [0.717, 1.165) is 6.42 Å². The fourth-order valence-corrected chi connectivity index (χ4v) is 4.80. The maximum Gasteiger partial charge on any atom is 0.243 e. The minimum atomic E-state index is -0.118. The fourth-order valence-electron chi connectivity index (χ4n) is 3.90. The molecule has 28 heavy (non-hydrogen) atoms. The summed E-state index contributed by atoms with van der Waals surface area (Å²) in [6.07, 6.45) is 0.876. The molecular formula is C23H30N2O2S. The van der Waals surface area contributed by atoms with Crippen LogP contribution in [0, 0.1) is 12.8 Å². The molecule has 0 aliphatic carbocycles. The Morgan fingerprint density at radius 3 is 2.50 bits per heavy atom. The third-order valence-corrected chi connectivity index (χ3v) is 6.47. The summed E-state index contributed by atoms with van der Waals surface area (Å²) in [6, 6.07) is 10.4. The lowest BCUT2D eigenvalue weighted by molar-refractivity contribution is -0.145. The van der Waals surface area contributed by atoms with Gasteiger partial charge in [0.15, 0.2) is 0 Å². The molecule has 5 heteroatoms. The molecule has 2 heterocycles. The third-order valence-electron chi connectivity index (χ3n) is 5.48. The molecule has 0 radical (unpaired) electrons. The summed E-state index contributed by atoms with van der Waals surface area (Å²) < 4.78 is 0. The standard InChI is InChI=1S/C23H30N2O2S/c1-15(2)23(27)25(16(3)4)14-21(26)24-12-10-20-19(11-13-28-20)22(24)18-9-7-6-8-17(18)5/h6-9,11,13,15-16,22H,10,12,14H2,1-5H3. The molecule has 0 N–H and O–H groups in total. The number of fused-ring (bicyclic) bond motifs is 1. The Bertz CT molecular complexity index is 856. The molecule has 1 atom stereocenters. The van der Waals surface area contributed by atoms with Crippen molar-refractivity contribution in [1.29, 1.82) is 0 Å². The smallest absolute Gasteiger partial charge is 0.243 e. The second-order valence-electron chi connectivity index (χ2n) is 8.11. The van der Waals surface area contributed by atoms with E-state index < -0.39 is 0 Å². The van der Waals surface area contributed by atoms with E-state index in [0.29, 0.717) is 6.54 Å². The lowest BCUT2D eigenvalue weighted by Crippen LogP contribution is -2.49. The van der Waals surface area contributed by atoms with Crippen molar-refractivity contribution in [3.63, 3.8) is 0 Å². The van der Waals surface area contributed by atoms with Crippen molar-refractivity contribution in [3.05, 3.63) is 57.3 Å². The van der Waals surface area contributed by atoms with Gasteiger partial charge in [0, 0.05) is 23.4 Å². The molecular weight excluding hydrogens is 368 g/mol. The quantitative estimate of drug-likeness (QED) is 0.748. The molecule has 1 unspecified atom stereocenters. The van der Waals surface area contributed by atoms with Crippen molar-refractivity contribution in [3.8, 4) is 0 Å². The summed E-state index contributed by atoms with van der Waals surface area (Å²) >= 11 is 1.77. The van der Waals surface area contributed by atoms with Crippen LogP contribution in [0.25, 0.3) is 0 Å². The number of carbonyl (C=O) groups is 2. The van der Waals surface area contributed by atoms with Crippen LogP contribution in [0.15, 0.2) is 35.7 Å². The van der Waals surface area contributed by atoms with E-state index in [1.54, 1.807) is 16.2 Å². The highest BCUT2D eigenvalue weighted by atomic mass is 32.1. The predicted octanol–water partition coefficient (Wildman–Crippen LogP) is 4.42. The second kappa shape index (κ2) is 8.48. The molecule has 1 aromatic carbocycles. The van der Waals surface area contributed by atoms with E-state index in [1.807, 2.05) is 44.7 Å². The summed E-state index contributed by atoms with van der Waals surface area (Å²) in [5, 5.41) is 2.12. The van der Waals surface area contributed by atoms with Crippen molar-refractivity contribution < 1.29 is 9.59 Å². The maximum atomic E-state index is 13.4. The number of rotatable bonds is 5. The molecule has 4 nitrogen and oxygen atoms in total. The van der Waals surface area contributed by atoms with Crippen LogP contribution in [0.2, 0.25) is 0 Å². The Balaban J connectivity index is 1.94. The summed E-state index contributed by atoms with van der Waals surface area (Å²) in [7, 11) is 0. The molecule has 0 bridgehead atoms. The van der Waals surface area contributed by atoms with Gasteiger partial charge in [0.05, 0.1) is 6.04 Å². The summed E-state index contributed by atoms with van der Waals surface area (Å²) in [6.45, 7) is 10.6. The largest absolute Gasteiger partial charge is 0.331 e. The Morgan fingerprint density at radius 2 is 1.86 bits per heavy atom. The Labute approximate surface area is 172 Å². The topological polar surface area (TPSA) is 40.6 Å². The number of thiophene rings is 1. The number of benzene rings is 1. The average Bonchev–Trinajstić information content (AvgIpc) is 3.13. The Morgan fingerprint density at radius 1 is 1.14 bits per heavy atom. The first-order chi connectivity index (χ1) is 13.3. The van der Waals surface area contributed by atoms with Gasteiger partial charge < -0.3 is 9.80 Å². The molecule has 1 aliphatic rings. The zero-order valence-corrected chi connectivity index (χ0v) is 18.3. The van der Waals surface area contributed by atoms with Crippen molar-refractivity contribution in [2.24, 2.45) is 5.92 Å². The van der Waals surface area contributed by atoms with E-state index in [4.69, 9.17) is 0 Å². The number of nitrogens with zero attached hydrogens (tertiary/aromatic N) is 2. The monoisotopic (exact) mass is 398 g/mol. The van der Waals surface area contributed by atoms with Gasteiger partial charge in [-0.15, -0.1) is 11.3 Å². The normalized spacial score (nSPS) is 16.4. The Kier molecular flexibility index (Phi) is 6.23. The van der Waals surface area contributed by atoms with Crippen LogP contribution < -0.4 is 0 Å². The molecule has 0 saturated heterocycles. The minimum absolute atomic E-state index is 0.00254. The van der Waals surface area contributed by atoms with Crippen LogP contribution in [-0.4, -0.2) is 40.7 Å². The van der Waals surface area contributed by atoms with Gasteiger partial charge in [0.2, 0.25) is 11.8 Å². The van der Waals surface area contributed by atoms with E-state index in [1.165, 1.54) is 21.6 Å². The molecule has 1 aromatic heterocycles. The van der Waals surface area contributed by atoms with Gasteiger partial charge in [-0.2, -0.15) is 0 Å². The van der Waals surface area contributed by atoms with E-state index >= 15 is 0 Å². The van der Waals surface area contributed by atoms with Crippen molar-refractivity contribution in [2.75, 3.05) is 13.1 Å². The Hall–Kier alpha value is -2.14. The summed E-state index contributed by atoms with van der Waals surface area (Å²) in [5.41, 5.74) is 3.58. The fraction of sp³-hybridized carbons (Fsp3) is 0.478. The van der Waals surface area contributed by atoms with Crippen LogP contribution >= 0.6 is 11.3 Å².